The van der Waals surface area contributed by atoms with Crippen molar-refractivity contribution in [2.75, 3.05) is 19.9 Å². The minimum atomic E-state index is -0.955. The first-order valence-corrected chi connectivity index (χ1v) is 7.92. The fraction of sp³-hybridized carbons (Fsp3) is 0.389. The van der Waals surface area contributed by atoms with Crippen molar-refractivity contribution in [2.24, 2.45) is 0 Å². The number of aliphatic hydroxyl groups is 1. The molecular formula is C18H23NO5. The van der Waals surface area contributed by atoms with Gasteiger partial charge in [-0.15, -0.1) is 0 Å². The van der Waals surface area contributed by atoms with Crippen LogP contribution in [-0.4, -0.2) is 42.2 Å². The molecule has 1 fully saturated rings. The summed E-state index contributed by atoms with van der Waals surface area (Å²) in [5.41, 5.74) is 1.80. The molecule has 130 valence electrons. The Hall–Kier alpha value is -2.31. The lowest BCUT2D eigenvalue weighted by molar-refractivity contribution is -0.131. The highest BCUT2D eigenvalue weighted by Gasteiger charge is 2.12. The first kappa shape index (κ1) is 18.0. The van der Waals surface area contributed by atoms with Crippen LogP contribution in [0.25, 0.3) is 6.08 Å². The maximum atomic E-state index is 10.4. The number of piperidine rings is 1. The molecule has 3 rings (SSSR count). The SMILES string of the molecule is CC(C=CC(=O)O)=Cc1ccc2c(c1)OCO2.OC1CCNCC1. The summed E-state index contributed by atoms with van der Waals surface area (Å²) in [5.74, 6) is 0.498. The van der Waals surface area contributed by atoms with Crippen LogP contribution in [0.4, 0.5) is 0 Å². The molecule has 1 aromatic carbocycles. The third kappa shape index (κ3) is 6.06. The molecule has 0 aromatic heterocycles. The van der Waals surface area contributed by atoms with Gasteiger partial charge >= 0.3 is 5.97 Å². The minimum Gasteiger partial charge on any atom is -0.478 e. The fourth-order valence-corrected chi connectivity index (χ4v) is 2.32. The average Bonchev–Trinajstić information content (AvgIpc) is 3.02. The van der Waals surface area contributed by atoms with Gasteiger partial charge in [0.1, 0.15) is 0 Å². The van der Waals surface area contributed by atoms with Crippen LogP contribution < -0.4 is 14.8 Å². The third-order valence-corrected chi connectivity index (χ3v) is 3.59. The summed E-state index contributed by atoms with van der Waals surface area (Å²) in [4.78, 5) is 10.4. The van der Waals surface area contributed by atoms with Gasteiger partial charge in [-0.2, -0.15) is 0 Å². The van der Waals surface area contributed by atoms with Crippen LogP contribution in [0.2, 0.25) is 0 Å². The van der Waals surface area contributed by atoms with Gasteiger partial charge in [-0.1, -0.05) is 23.8 Å². The summed E-state index contributed by atoms with van der Waals surface area (Å²) in [6, 6.07) is 5.59. The highest BCUT2D eigenvalue weighted by Crippen LogP contribution is 2.33. The second-order valence-electron chi connectivity index (χ2n) is 5.65. The number of carboxylic acids is 1. The van der Waals surface area contributed by atoms with Gasteiger partial charge in [-0.25, -0.2) is 4.79 Å². The zero-order valence-electron chi connectivity index (χ0n) is 13.7. The van der Waals surface area contributed by atoms with E-state index < -0.39 is 5.97 Å². The summed E-state index contributed by atoms with van der Waals surface area (Å²) in [5, 5.41) is 20.5. The lowest BCUT2D eigenvalue weighted by atomic mass is 10.1. The number of carboxylic acid groups (broad SMARTS) is 1. The van der Waals surface area contributed by atoms with E-state index in [0.717, 1.165) is 48.9 Å². The van der Waals surface area contributed by atoms with E-state index in [2.05, 4.69) is 5.32 Å². The molecule has 0 saturated carbocycles. The predicted molar refractivity (Wildman–Crippen MR) is 91.1 cm³/mol. The first-order valence-electron chi connectivity index (χ1n) is 7.92. The molecule has 1 saturated heterocycles. The van der Waals surface area contributed by atoms with E-state index in [4.69, 9.17) is 19.7 Å². The number of nitrogens with one attached hydrogen (secondary N) is 1. The molecule has 6 heteroatoms. The number of fused-ring (bicyclic) bond motifs is 1. The van der Waals surface area contributed by atoms with Crippen molar-refractivity contribution in [2.45, 2.75) is 25.9 Å². The number of carbonyl (C=O) groups is 1. The molecule has 0 bridgehead atoms. The quantitative estimate of drug-likeness (QED) is 0.580. The molecule has 0 spiro atoms. The van der Waals surface area contributed by atoms with Crippen LogP contribution in [0.5, 0.6) is 11.5 Å². The molecule has 0 amide bonds. The van der Waals surface area contributed by atoms with Crippen LogP contribution >= 0.6 is 0 Å². The van der Waals surface area contributed by atoms with Crippen molar-refractivity contribution in [3.63, 3.8) is 0 Å². The van der Waals surface area contributed by atoms with Crippen molar-refractivity contribution in [1.29, 1.82) is 0 Å². The Balaban J connectivity index is 0.000000249. The zero-order chi connectivity index (χ0) is 17.4. The Labute approximate surface area is 141 Å². The van der Waals surface area contributed by atoms with E-state index in [1.165, 1.54) is 0 Å². The average molecular weight is 333 g/mol. The molecule has 6 nitrogen and oxygen atoms in total. The lowest BCUT2D eigenvalue weighted by Gasteiger charge is -2.16. The molecule has 0 radical (unpaired) electrons. The number of hydrogen-bond acceptors (Lipinski definition) is 5. The number of aliphatic carboxylic acids is 1. The standard InChI is InChI=1S/C13H12O4.C5H11NO/c1-9(2-5-13(14)15)6-10-3-4-11-12(7-10)17-8-16-11;7-5-1-3-6-4-2-5/h2-7H,8H2,1H3,(H,14,15);5-7H,1-4H2. The summed E-state index contributed by atoms with van der Waals surface area (Å²) in [6.07, 6.45) is 6.37. The van der Waals surface area contributed by atoms with Gasteiger partial charge in [-0.05, 0) is 50.6 Å². The summed E-state index contributed by atoms with van der Waals surface area (Å²) >= 11 is 0. The van der Waals surface area contributed by atoms with E-state index in [1.54, 1.807) is 6.08 Å². The number of hydrogen-bond donors (Lipinski definition) is 3. The van der Waals surface area contributed by atoms with Gasteiger partial charge < -0.3 is 25.0 Å². The molecule has 2 heterocycles. The van der Waals surface area contributed by atoms with E-state index in [-0.39, 0.29) is 12.9 Å². The Morgan fingerprint density at radius 2 is 1.92 bits per heavy atom. The van der Waals surface area contributed by atoms with Gasteiger partial charge in [0.05, 0.1) is 6.10 Å². The second-order valence-corrected chi connectivity index (χ2v) is 5.65. The van der Waals surface area contributed by atoms with Gasteiger partial charge in [0.2, 0.25) is 6.79 Å². The molecule has 24 heavy (non-hydrogen) atoms. The molecular weight excluding hydrogens is 310 g/mol. The molecule has 3 N–H and O–H groups in total. The van der Waals surface area contributed by atoms with Crippen LogP contribution in [0.1, 0.15) is 25.3 Å². The Morgan fingerprint density at radius 3 is 2.54 bits per heavy atom. The van der Waals surface area contributed by atoms with Crippen molar-refractivity contribution >= 4 is 12.0 Å². The van der Waals surface area contributed by atoms with Gasteiger partial charge in [0.25, 0.3) is 0 Å². The molecule has 2 aliphatic heterocycles. The Morgan fingerprint density at radius 1 is 1.21 bits per heavy atom. The Bertz CT molecular complexity index is 618. The van der Waals surface area contributed by atoms with Crippen molar-refractivity contribution in [3.8, 4) is 11.5 Å². The monoisotopic (exact) mass is 333 g/mol. The van der Waals surface area contributed by atoms with Gasteiger partial charge in [0.15, 0.2) is 11.5 Å². The van der Waals surface area contributed by atoms with Gasteiger partial charge in [-0.3, -0.25) is 0 Å². The maximum absolute atomic E-state index is 10.4. The topological polar surface area (TPSA) is 88.0 Å². The highest BCUT2D eigenvalue weighted by atomic mass is 16.7. The van der Waals surface area contributed by atoms with Crippen LogP contribution in [0, 0.1) is 0 Å². The van der Waals surface area contributed by atoms with Crippen LogP contribution in [0.3, 0.4) is 0 Å². The van der Waals surface area contributed by atoms with Gasteiger partial charge in [0, 0.05) is 6.08 Å². The normalized spacial score (nSPS) is 17.5. The summed E-state index contributed by atoms with van der Waals surface area (Å²) < 4.78 is 10.5. The van der Waals surface area contributed by atoms with Crippen LogP contribution in [0.15, 0.2) is 35.9 Å². The third-order valence-electron chi connectivity index (χ3n) is 3.59. The number of benzene rings is 1. The largest absolute Gasteiger partial charge is 0.478 e. The zero-order valence-corrected chi connectivity index (χ0v) is 13.7. The first-order chi connectivity index (χ1) is 11.5. The number of rotatable bonds is 3. The molecule has 0 unspecified atom stereocenters. The summed E-state index contributed by atoms with van der Waals surface area (Å²) in [7, 11) is 0. The molecule has 0 atom stereocenters. The second kappa shape index (κ2) is 9.10. The fourth-order valence-electron chi connectivity index (χ4n) is 2.32. The summed E-state index contributed by atoms with van der Waals surface area (Å²) in [6.45, 7) is 4.06. The van der Waals surface area contributed by atoms with E-state index >= 15 is 0 Å². The van der Waals surface area contributed by atoms with E-state index in [0.29, 0.717) is 5.75 Å². The number of allylic oxidation sites excluding steroid dienone is 2. The molecule has 2 aliphatic rings. The van der Waals surface area contributed by atoms with Crippen molar-refractivity contribution in [1.82, 2.24) is 5.32 Å². The predicted octanol–water partition coefficient (Wildman–Crippen LogP) is 2.19. The molecule has 1 aromatic rings. The number of aliphatic hydroxyl groups excluding tert-OH is 1. The van der Waals surface area contributed by atoms with Crippen molar-refractivity contribution in [3.05, 3.63) is 41.5 Å². The minimum absolute atomic E-state index is 0.0266. The number of ether oxygens (including phenoxy) is 2. The van der Waals surface area contributed by atoms with E-state index in [1.807, 2.05) is 31.2 Å². The van der Waals surface area contributed by atoms with Crippen LogP contribution in [-0.2, 0) is 4.79 Å². The lowest BCUT2D eigenvalue weighted by Crippen LogP contribution is -2.30. The molecule has 0 aliphatic carbocycles. The van der Waals surface area contributed by atoms with E-state index in [9.17, 15) is 4.79 Å². The van der Waals surface area contributed by atoms with Crippen molar-refractivity contribution < 1.29 is 24.5 Å². The maximum Gasteiger partial charge on any atom is 0.328 e. The smallest absolute Gasteiger partial charge is 0.328 e. The highest BCUT2D eigenvalue weighted by molar-refractivity contribution is 5.80. The Kier molecular flexibility index (Phi) is 6.84.